The highest BCUT2D eigenvalue weighted by Gasteiger charge is 2.33. The largest absolute Gasteiger partial charge is 0.352 e. The molecular formula is C31H34Cl3N3O4S. The van der Waals surface area contributed by atoms with Crippen molar-refractivity contribution >= 4 is 62.3 Å². The number of carbonyl (C=O) groups excluding carboxylic acids is 2. The third-order valence-electron chi connectivity index (χ3n) is 7.48. The third kappa shape index (κ3) is 7.98. The van der Waals surface area contributed by atoms with E-state index in [4.69, 9.17) is 34.8 Å². The van der Waals surface area contributed by atoms with Crippen LogP contribution >= 0.6 is 34.8 Å². The van der Waals surface area contributed by atoms with Crippen molar-refractivity contribution in [2.45, 2.75) is 69.5 Å². The lowest BCUT2D eigenvalue weighted by Gasteiger charge is -2.33. The number of anilines is 1. The lowest BCUT2D eigenvalue weighted by Crippen LogP contribution is -2.53. The zero-order valence-electron chi connectivity index (χ0n) is 23.5. The number of rotatable bonds is 10. The Balaban J connectivity index is 1.69. The molecule has 0 aromatic heterocycles. The van der Waals surface area contributed by atoms with Crippen LogP contribution in [0.1, 0.15) is 50.2 Å². The molecule has 2 amide bonds. The lowest BCUT2D eigenvalue weighted by atomic mass is 9.95. The summed E-state index contributed by atoms with van der Waals surface area (Å²) in [5.74, 6) is -0.867. The van der Waals surface area contributed by atoms with Gasteiger partial charge in [-0.1, -0.05) is 77.8 Å². The molecule has 0 heterocycles. The number of benzene rings is 3. The van der Waals surface area contributed by atoms with E-state index >= 15 is 0 Å². The van der Waals surface area contributed by atoms with Crippen LogP contribution in [0.25, 0.3) is 0 Å². The fourth-order valence-corrected chi connectivity index (χ4v) is 6.97. The first-order chi connectivity index (χ1) is 20.0. The predicted molar refractivity (Wildman–Crippen MR) is 169 cm³/mol. The number of amides is 2. The monoisotopic (exact) mass is 649 g/mol. The van der Waals surface area contributed by atoms with E-state index in [-0.39, 0.29) is 23.4 Å². The van der Waals surface area contributed by atoms with Gasteiger partial charge in [0.2, 0.25) is 11.8 Å². The molecule has 1 fully saturated rings. The molecule has 7 nitrogen and oxygen atoms in total. The van der Waals surface area contributed by atoms with Crippen LogP contribution < -0.4 is 9.62 Å². The molecule has 224 valence electrons. The highest BCUT2D eigenvalue weighted by molar-refractivity contribution is 7.92. The van der Waals surface area contributed by atoms with Crippen molar-refractivity contribution in [1.82, 2.24) is 10.2 Å². The molecule has 3 aromatic rings. The van der Waals surface area contributed by atoms with Gasteiger partial charge in [-0.3, -0.25) is 13.9 Å². The summed E-state index contributed by atoms with van der Waals surface area (Å²) in [6.07, 6.45) is 4.98. The highest BCUT2D eigenvalue weighted by atomic mass is 35.5. The maximum atomic E-state index is 14.1. The molecule has 0 spiro atoms. The fraction of sp³-hybridized carbons (Fsp3) is 0.355. The van der Waals surface area contributed by atoms with Crippen molar-refractivity contribution in [3.8, 4) is 0 Å². The van der Waals surface area contributed by atoms with Crippen LogP contribution in [0, 0.1) is 6.92 Å². The normalized spacial score (nSPS) is 14.7. The number of nitrogens with one attached hydrogen (secondary N) is 1. The van der Waals surface area contributed by atoms with Crippen LogP contribution in [0.15, 0.2) is 71.6 Å². The minimum absolute atomic E-state index is 0.0170. The highest BCUT2D eigenvalue weighted by Crippen LogP contribution is 2.27. The van der Waals surface area contributed by atoms with Crippen LogP contribution in [-0.4, -0.2) is 43.8 Å². The SMILES string of the molecule is Cc1ccc(N(CC(=O)N(Cc2ccc(Cl)cc2Cl)[C@H](C)C(=O)NC2CCCCC2)S(=O)(=O)c2ccc(Cl)cc2)cc1. The van der Waals surface area contributed by atoms with E-state index in [0.717, 1.165) is 42.0 Å². The van der Waals surface area contributed by atoms with E-state index in [1.54, 1.807) is 49.4 Å². The van der Waals surface area contributed by atoms with Gasteiger partial charge in [0.25, 0.3) is 10.0 Å². The van der Waals surface area contributed by atoms with E-state index in [9.17, 15) is 18.0 Å². The molecule has 1 aliphatic carbocycles. The van der Waals surface area contributed by atoms with Crippen LogP contribution in [0.5, 0.6) is 0 Å². The minimum atomic E-state index is -4.18. The summed E-state index contributed by atoms with van der Waals surface area (Å²) < 4.78 is 28.9. The number of carbonyl (C=O) groups is 2. The molecule has 1 aliphatic rings. The van der Waals surface area contributed by atoms with Crippen molar-refractivity contribution in [3.63, 3.8) is 0 Å². The number of nitrogens with zero attached hydrogens (tertiary/aromatic N) is 2. The molecule has 0 saturated heterocycles. The molecule has 1 saturated carbocycles. The van der Waals surface area contributed by atoms with Gasteiger partial charge in [0.15, 0.2) is 0 Å². The van der Waals surface area contributed by atoms with Gasteiger partial charge < -0.3 is 10.2 Å². The molecule has 0 aliphatic heterocycles. The molecule has 11 heteroatoms. The van der Waals surface area contributed by atoms with Crippen molar-refractivity contribution < 1.29 is 18.0 Å². The maximum absolute atomic E-state index is 14.1. The number of hydrogen-bond acceptors (Lipinski definition) is 4. The van der Waals surface area contributed by atoms with Crippen LogP contribution in [-0.2, 0) is 26.2 Å². The van der Waals surface area contributed by atoms with E-state index in [1.165, 1.54) is 29.2 Å². The Morgan fingerprint density at radius 3 is 2.14 bits per heavy atom. The van der Waals surface area contributed by atoms with Crippen molar-refractivity contribution in [2.24, 2.45) is 0 Å². The topological polar surface area (TPSA) is 86.8 Å². The van der Waals surface area contributed by atoms with E-state index in [1.807, 2.05) is 6.92 Å². The van der Waals surface area contributed by atoms with Crippen LogP contribution in [0.2, 0.25) is 15.1 Å². The molecule has 3 aromatic carbocycles. The third-order valence-corrected chi connectivity index (χ3v) is 10.1. The second-order valence-corrected chi connectivity index (χ2v) is 13.7. The summed E-state index contributed by atoms with van der Waals surface area (Å²) in [5, 5.41) is 4.24. The second kappa shape index (κ2) is 14.1. The average Bonchev–Trinajstić information content (AvgIpc) is 2.96. The zero-order chi connectivity index (χ0) is 30.4. The Hall–Kier alpha value is -2.78. The average molecular weight is 651 g/mol. The van der Waals surface area contributed by atoms with Gasteiger partial charge in [-0.15, -0.1) is 0 Å². The molecule has 0 bridgehead atoms. The standard InChI is InChI=1S/C31H34Cl3N3O4S/c1-21-8-14-27(15-9-21)37(42(40,41)28-16-12-24(32)13-17-28)20-30(38)36(19-23-10-11-25(33)18-29(23)34)22(2)31(39)35-26-6-4-3-5-7-26/h8-18,22,26H,3-7,19-20H2,1-2H3,(H,35,39)/t22-/m1/s1. The predicted octanol–water partition coefficient (Wildman–Crippen LogP) is 7.02. The van der Waals surface area contributed by atoms with Gasteiger partial charge in [0, 0.05) is 27.7 Å². The van der Waals surface area contributed by atoms with Crippen molar-refractivity contribution in [1.29, 1.82) is 0 Å². The van der Waals surface area contributed by atoms with Gasteiger partial charge in [-0.05, 0) is 80.8 Å². The van der Waals surface area contributed by atoms with Crippen LogP contribution in [0.4, 0.5) is 5.69 Å². The molecule has 1 N–H and O–H groups in total. The van der Waals surface area contributed by atoms with Gasteiger partial charge in [-0.2, -0.15) is 0 Å². The first-order valence-electron chi connectivity index (χ1n) is 13.8. The number of hydrogen-bond donors (Lipinski definition) is 1. The summed E-state index contributed by atoms with van der Waals surface area (Å²) in [7, 11) is -4.18. The molecular weight excluding hydrogens is 617 g/mol. The Kier molecular flexibility index (Phi) is 10.8. The molecule has 4 rings (SSSR count). The smallest absolute Gasteiger partial charge is 0.264 e. The molecule has 42 heavy (non-hydrogen) atoms. The van der Waals surface area contributed by atoms with Gasteiger partial charge in [0.05, 0.1) is 10.6 Å². The number of halogens is 3. The van der Waals surface area contributed by atoms with Gasteiger partial charge >= 0.3 is 0 Å². The first kappa shape index (κ1) is 32.1. The van der Waals surface area contributed by atoms with Gasteiger partial charge in [-0.25, -0.2) is 8.42 Å². The Morgan fingerprint density at radius 2 is 1.52 bits per heavy atom. The Labute approximate surface area is 262 Å². The fourth-order valence-electron chi connectivity index (χ4n) is 4.96. The van der Waals surface area contributed by atoms with E-state index in [0.29, 0.717) is 26.3 Å². The van der Waals surface area contributed by atoms with Gasteiger partial charge in [0.1, 0.15) is 12.6 Å². The van der Waals surface area contributed by atoms with Crippen LogP contribution in [0.3, 0.4) is 0 Å². The molecule has 0 radical (unpaired) electrons. The summed E-state index contributed by atoms with van der Waals surface area (Å²) in [6.45, 7) is 2.97. The molecule has 1 atom stereocenters. The number of sulfonamides is 1. The van der Waals surface area contributed by atoms with E-state index < -0.39 is 28.5 Å². The Morgan fingerprint density at radius 1 is 0.905 bits per heavy atom. The van der Waals surface area contributed by atoms with Crippen molar-refractivity contribution in [3.05, 3.63) is 92.9 Å². The summed E-state index contributed by atoms with van der Waals surface area (Å²) in [6, 6.07) is 16.7. The maximum Gasteiger partial charge on any atom is 0.264 e. The summed E-state index contributed by atoms with van der Waals surface area (Å²) >= 11 is 18.6. The first-order valence-corrected chi connectivity index (χ1v) is 16.4. The summed E-state index contributed by atoms with van der Waals surface area (Å²) in [5.41, 5.74) is 1.82. The molecule has 0 unspecified atom stereocenters. The quantitative estimate of drug-likeness (QED) is 0.256. The Bertz CT molecular complexity index is 1510. The summed E-state index contributed by atoms with van der Waals surface area (Å²) in [4.78, 5) is 28.9. The zero-order valence-corrected chi connectivity index (χ0v) is 26.6. The minimum Gasteiger partial charge on any atom is -0.352 e. The number of aryl methyl sites for hydroxylation is 1. The van der Waals surface area contributed by atoms with E-state index in [2.05, 4.69) is 5.32 Å². The van der Waals surface area contributed by atoms with Crippen molar-refractivity contribution in [2.75, 3.05) is 10.8 Å². The lowest BCUT2D eigenvalue weighted by molar-refractivity contribution is -0.139. The second-order valence-electron chi connectivity index (χ2n) is 10.6.